The Kier molecular flexibility index (Phi) is 8.95. The average molecular weight is 411 g/mol. The van der Waals surface area contributed by atoms with Crippen molar-refractivity contribution >= 4 is 5.91 Å². The molecule has 6 nitrogen and oxygen atoms in total. The molecule has 2 fully saturated rings. The Bertz CT molecular complexity index is 513. The third-order valence-electron chi connectivity index (χ3n) is 6.96. The molecule has 0 aromatic rings. The van der Waals surface area contributed by atoms with Crippen molar-refractivity contribution in [3.05, 3.63) is 0 Å². The molecule has 6 heteroatoms. The second-order valence-corrected chi connectivity index (χ2v) is 10.7. The first kappa shape index (κ1) is 24.6. The minimum Gasteiger partial charge on any atom is -0.376 e. The smallest absolute Gasteiger partial charge is 0.237 e. The van der Waals surface area contributed by atoms with E-state index in [1.807, 2.05) is 14.1 Å². The van der Waals surface area contributed by atoms with Gasteiger partial charge in [0.15, 0.2) is 0 Å². The van der Waals surface area contributed by atoms with Crippen LogP contribution in [0.5, 0.6) is 0 Å². The number of carbonyl (C=O) groups excluding carboxylic acids is 1. The molecule has 0 aliphatic carbocycles. The van der Waals surface area contributed by atoms with Crippen LogP contribution in [0.4, 0.5) is 0 Å². The number of nitrogens with zero attached hydrogens (tertiary/aromatic N) is 3. The number of amides is 1. The lowest BCUT2D eigenvalue weighted by atomic mass is 9.84. The van der Waals surface area contributed by atoms with Crippen LogP contribution in [0, 0.1) is 11.3 Å². The van der Waals surface area contributed by atoms with E-state index in [0.29, 0.717) is 5.92 Å². The molecule has 0 aromatic heterocycles. The molecule has 2 heterocycles. The van der Waals surface area contributed by atoms with Crippen molar-refractivity contribution in [1.82, 2.24) is 20.0 Å². The van der Waals surface area contributed by atoms with E-state index in [2.05, 4.69) is 54.6 Å². The van der Waals surface area contributed by atoms with E-state index in [1.165, 1.54) is 12.8 Å². The van der Waals surface area contributed by atoms with Crippen LogP contribution in [0.2, 0.25) is 0 Å². The summed E-state index contributed by atoms with van der Waals surface area (Å²) < 4.78 is 0. The molecule has 2 saturated heterocycles. The summed E-state index contributed by atoms with van der Waals surface area (Å²) in [4.78, 5) is 19.8. The molecule has 1 amide bonds. The first-order valence-electron chi connectivity index (χ1n) is 11.7. The average Bonchev–Trinajstić information content (AvgIpc) is 3.15. The molecule has 4 atom stereocenters. The van der Waals surface area contributed by atoms with Crippen LogP contribution in [0.15, 0.2) is 0 Å². The standard InChI is InChI=1S/C23H46N4O2/c1-17(2)19(16-27-14-10-11-15-27)26(7)22(29)20(23(3,4)5)24-21(28)18-12-8-9-13-25(18)6/h17-20,22,29H,8-16H2,1-7H3,(H,24,28)/t18?,19-,20?,22?/m1/s1. The summed E-state index contributed by atoms with van der Waals surface area (Å²) in [6.45, 7) is 15.0. The summed E-state index contributed by atoms with van der Waals surface area (Å²) >= 11 is 0. The van der Waals surface area contributed by atoms with Gasteiger partial charge in [0, 0.05) is 12.6 Å². The molecule has 2 aliphatic heterocycles. The van der Waals surface area contributed by atoms with E-state index in [0.717, 1.165) is 45.4 Å². The molecule has 3 unspecified atom stereocenters. The summed E-state index contributed by atoms with van der Waals surface area (Å²) in [6, 6.07) is -0.158. The van der Waals surface area contributed by atoms with Gasteiger partial charge in [0.25, 0.3) is 0 Å². The van der Waals surface area contributed by atoms with E-state index in [4.69, 9.17) is 0 Å². The first-order chi connectivity index (χ1) is 13.5. The number of piperidine rings is 1. The number of likely N-dealkylation sites (N-methyl/N-ethyl adjacent to an activating group) is 2. The van der Waals surface area contributed by atoms with Gasteiger partial charge < -0.3 is 15.3 Å². The molecule has 2 rings (SSSR count). The Balaban J connectivity index is 2.11. The second kappa shape index (κ2) is 10.6. The van der Waals surface area contributed by atoms with Crippen LogP contribution >= 0.6 is 0 Å². The molecule has 170 valence electrons. The highest BCUT2D eigenvalue weighted by molar-refractivity contribution is 5.82. The topological polar surface area (TPSA) is 59.1 Å². The number of aliphatic hydroxyl groups excluding tert-OH is 1. The van der Waals surface area contributed by atoms with Gasteiger partial charge in [-0.3, -0.25) is 14.6 Å². The van der Waals surface area contributed by atoms with Crippen LogP contribution < -0.4 is 5.32 Å². The van der Waals surface area contributed by atoms with E-state index in [-0.39, 0.29) is 29.4 Å². The zero-order valence-corrected chi connectivity index (χ0v) is 19.9. The summed E-state index contributed by atoms with van der Waals surface area (Å²) in [5, 5.41) is 14.6. The molecule has 0 radical (unpaired) electrons. The van der Waals surface area contributed by atoms with Gasteiger partial charge in [-0.2, -0.15) is 0 Å². The number of rotatable bonds is 8. The van der Waals surface area contributed by atoms with Gasteiger partial charge >= 0.3 is 0 Å². The Morgan fingerprint density at radius 3 is 2.24 bits per heavy atom. The van der Waals surface area contributed by atoms with E-state index in [1.54, 1.807) is 0 Å². The third kappa shape index (κ3) is 6.65. The van der Waals surface area contributed by atoms with Crippen LogP contribution in [-0.4, -0.2) is 90.3 Å². The highest BCUT2D eigenvalue weighted by Crippen LogP contribution is 2.27. The molecule has 0 bridgehead atoms. The fraction of sp³-hybridized carbons (Fsp3) is 0.957. The number of hydrogen-bond acceptors (Lipinski definition) is 5. The normalized spacial score (nSPS) is 25.4. The van der Waals surface area contributed by atoms with Gasteiger partial charge in [-0.15, -0.1) is 0 Å². The lowest BCUT2D eigenvalue weighted by molar-refractivity contribution is -0.133. The van der Waals surface area contributed by atoms with Gasteiger partial charge in [-0.25, -0.2) is 0 Å². The summed E-state index contributed by atoms with van der Waals surface area (Å²) in [7, 11) is 4.05. The number of likely N-dealkylation sites (tertiary alicyclic amines) is 2. The fourth-order valence-electron chi connectivity index (χ4n) is 4.87. The summed E-state index contributed by atoms with van der Waals surface area (Å²) in [6.07, 6.45) is 4.97. The number of hydrogen-bond donors (Lipinski definition) is 2. The van der Waals surface area contributed by atoms with E-state index >= 15 is 0 Å². The fourth-order valence-corrected chi connectivity index (χ4v) is 4.87. The zero-order chi connectivity index (χ0) is 21.8. The van der Waals surface area contributed by atoms with Crippen LogP contribution in [0.25, 0.3) is 0 Å². The predicted molar refractivity (Wildman–Crippen MR) is 120 cm³/mol. The highest BCUT2D eigenvalue weighted by atomic mass is 16.3. The Hall–Kier alpha value is -0.690. The van der Waals surface area contributed by atoms with Crippen molar-refractivity contribution in [2.75, 3.05) is 40.3 Å². The van der Waals surface area contributed by atoms with E-state index < -0.39 is 6.23 Å². The second-order valence-electron chi connectivity index (χ2n) is 10.7. The Morgan fingerprint density at radius 1 is 1.14 bits per heavy atom. The number of aliphatic hydroxyl groups is 1. The van der Waals surface area contributed by atoms with Crippen molar-refractivity contribution in [3.63, 3.8) is 0 Å². The monoisotopic (exact) mass is 410 g/mol. The van der Waals surface area contributed by atoms with Crippen LogP contribution in [0.3, 0.4) is 0 Å². The lowest BCUT2D eigenvalue weighted by Crippen LogP contribution is -2.62. The highest BCUT2D eigenvalue weighted by Gasteiger charge is 2.39. The quantitative estimate of drug-likeness (QED) is 0.602. The Morgan fingerprint density at radius 2 is 1.72 bits per heavy atom. The van der Waals surface area contributed by atoms with E-state index in [9.17, 15) is 9.90 Å². The first-order valence-corrected chi connectivity index (χ1v) is 11.7. The molecule has 0 spiro atoms. The molecule has 0 saturated carbocycles. The van der Waals surface area contributed by atoms with Crippen LogP contribution in [-0.2, 0) is 4.79 Å². The largest absolute Gasteiger partial charge is 0.376 e. The maximum absolute atomic E-state index is 13.1. The molecular weight excluding hydrogens is 364 g/mol. The van der Waals surface area contributed by atoms with Gasteiger partial charge in [0.1, 0.15) is 6.23 Å². The lowest BCUT2D eigenvalue weighted by Gasteiger charge is -2.44. The van der Waals surface area contributed by atoms with Crippen LogP contribution in [0.1, 0.15) is 66.7 Å². The maximum Gasteiger partial charge on any atom is 0.237 e. The number of nitrogens with one attached hydrogen (secondary N) is 1. The van der Waals surface area contributed by atoms with Crippen molar-refractivity contribution in [2.24, 2.45) is 11.3 Å². The van der Waals surface area contributed by atoms with Gasteiger partial charge in [0.05, 0.1) is 12.1 Å². The van der Waals surface area contributed by atoms with Crippen molar-refractivity contribution in [2.45, 2.75) is 91.1 Å². The van der Waals surface area contributed by atoms with Gasteiger partial charge in [-0.1, -0.05) is 41.0 Å². The molecule has 29 heavy (non-hydrogen) atoms. The Labute approximate surface area is 179 Å². The zero-order valence-electron chi connectivity index (χ0n) is 19.9. The maximum atomic E-state index is 13.1. The molecule has 2 aliphatic rings. The number of carbonyl (C=O) groups is 1. The van der Waals surface area contributed by atoms with Gasteiger partial charge in [0.2, 0.25) is 5.91 Å². The third-order valence-corrected chi connectivity index (χ3v) is 6.96. The van der Waals surface area contributed by atoms with Crippen molar-refractivity contribution < 1.29 is 9.90 Å². The predicted octanol–water partition coefficient (Wildman–Crippen LogP) is 2.37. The molecule has 0 aromatic carbocycles. The SMILES string of the molecule is CC(C)[C@@H](CN1CCCC1)N(C)C(O)C(NC(=O)C1CCCCN1C)C(C)(C)C. The molecule has 2 N–H and O–H groups in total. The van der Waals surface area contributed by atoms with Crippen molar-refractivity contribution in [3.8, 4) is 0 Å². The van der Waals surface area contributed by atoms with Gasteiger partial charge in [-0.05, 0) is 70.7 Å². The summed E-state index contributed by atoms with van der Waals surface area (Å²) in [5.41, 5.74) is -0.244. The minimum atomic E-state index is -0.720. The van der Waals surface area contributed by atoms with Crippen molar-refractivity contribution in [1.29, 1.82) is 0 Å². The minimum absolute atomic E-state index is 0.0558. The summed E-state index contributed by atoms with van der Waals surface area (Å²) in [5.74, 6) is 0.483. The molecular formula is C23H46N4O2.